The molecule has 0 aromatic heterocycles. The molecule has 0 aliphatic rings. The minimum absolute atomic E-state index is 0.259. The van der Waals surface area contributed by atoms with Crippen molar-refractivity contribution in [1.29, 1.82) is 0 Å². The van der Waals surface area contributed by atoms with Crippen LogP contribution in [-0.2, 0) is 14.7 Å². The van der Waals surface area contributed by atoms with Gasteiger partial charge in [0.25, 0.3) is 0 Å². The molecule has 0 aliphatic carbocycles. The largest absolute Gasteiger partial charge is 0.380 e. The number of hydrogen-bond acceptors (Lipinski definition) is 4. The normalized spacial score (nSPS) is 9.62. The summed E-state index contributed by atoms with van der Waals surface area (Å²) in [4.78, 5) is 10.4. The van der Waals surface area contributed by atoms with E-state index in [1.165, 1.54) is 23.3 Å². The van der Waals surface area contributed by atoms with E-state index in [0.717, 1.165) is 16.8 Å². The van der Waals surface area contributed by atoms with Crippen LogP contribution >= 0.6 is 21.9 Å². The molecule has 0 bridgehead atoms. The Labute approximate surface area is 85.7 Å². The average molecular weight is 214 g/mol. The van der Waals surface area contributed by atoms with Crippen LogP contribution in [0.3, 0.4) is 0 Å². The second-order valence-corrected chi connectivity index (χ2v) is 4.33. The lowest BCUT2D eigenvalue weighted by molar-refractivity contribution is -0.130. The molecular formula is C9H10O2S2. The SMILES string of the molecule is CC(=O)OSSCc1ccccc1. The van der Waals surface area contributed by atoms with Crippen LogP contribution in [0.5, 0.6) is 0 Å². The van der Waals surface area contributed by atoms with E-state index in [2.05, 4.69) is 0 Å². The smallest absolute Gasteiger partial charge is 0.315 e. The Morgan fingerprint density at radius 3 is 2.69 bits per heavy atom. The van der Waals surface area contributed by atoms with Gasteiger partial charge in [-0.25, -0.2) is 0 Å². The molecule has 0 fully saturated rings. The highest BCUT2D eigenvalue weighted by Crippen LogP contribution is 2.26. The first-order valence-corrected chi connectivity index (χ1v) is 6.04. The van der Waals surface area contributed by atoms with Crippen LogP contribution < -0.4 is 0 Å². The molecule has 1 aromatic carbocycles. The lowest BCUT2D eigenvalue weighted by Gasteiger charge is -1.98. The molecule has 13 heavy (non-hydrogen) atoms. The summed E-state index contributed by atoms with van der Waals surface area (Å²) in [6.45, 7) is 1.40. The van der Waals surface area contributed by atoms with E-state index >= 15 is 0 Å². The molecule has 0 N–H and O–H groups in total. The number of benzene rings is 1. The van der Waals surface area contributed by atoms with E-state index in [4.69, 9.17) is 4.18 Å². The number of carbonyl (C=O) groups is 1. The maximum atomic E-state index is 10.4. The van der Waals surface area contributed by atoms with E-state index in [0.29, 0.717) is 0 Å². The van der Waals surface area contributed by atoms with E-state index in [9.17, 15) is 4.79 Å². The van der Waals surface area contributed by atoms with Gasteiger partial charge in [0.05, 0.1) is 0 Å². The fraction of sp³-hybridized carbons (Fsp3) is 0.222. The molecule has 70 valence electrons. The maximum Gasteiger partial charge on any atom is 0.315 e. The van der Waals surface area contributed by atoms with Crippen LogP contribution in [0.15, 0.2) is 30.3 Å². The number of carbonyl (C=O) groups excluding carboxylic acids is 1. The summed E-state index contributed by atoms with van der Waals surface area (Å²) in [5, 5.41) is 0. The average Bonchev–Trinajstić information content (AvgIpc) is 2.14. The molecule has 1 rings (SSSR count). The minimum atomic E-state index is -0.259. The quantitative estimate of drug-likeness (QED) is 0.437. The molecule has 0 saturated heterocycles. The molecular weight excluding hydrogens is 204 g/mol. The van der Waals surface area contributed by atoms with Crippen LogP contribution in [0.2, 0.25) is 0 Å². The molecule has 0 aliphatic heterocycles. The van der Waals surface area contributed by atoms with E-state index in [1.54, 1.807) is 0 Å². The van der Waals surface area contributed by atoms with Crippen molar-refractivity contribution in [1.82, 2.24) is 0 Å². The van der Waals surface area contributed by atoms with Gasteiger partial charge in [0.1, 0.15) is 11.1 Å². The summed E-state index contributed by atoms with van der Waals surface area (Å²) in [7, 11) is 1.51. The van der Waals surface area contributed by atoms with Crippen molar-refractivity contribution in [3.8, 4) is 0 Å². The molecule has 4 heteroatoms. The monoisotopic (exact) mass is 214 g/mol. The third kappa shape index (κ3) is 4.85. The fourth-order valence-corrected chi connectivity index (χ4v) is 2.24. The summed E-state index contributed by atoms with van der Waals surface area (Å²) < 4.78 is 4.70. The van der Waals surface area contributed by atoms with Gasteiger partial charge >= 0.3 is 5.97 Å². The van der Waals surface area contributed by atoms with E-state index < -0.39 is 0 Å². The number of hydrogen-bond donors (Lipinski definition) is 0. The van der Waals surface area contributed by atoms with Gasteiger partial charge in [-0.05, 0) is 16.4 Å². The second-order valence-electron chi connectivity index (χ2n) is 2.39. The van der Waals surface area contributed by atoms with Crippen molar-refractivity contribution in [2.45, 2.75) is 12.7 Å². The van der Waals surface area contributed by atoms with Crippen molar-refractivity contribution in [3.63, 3.8) is 0 Å². The molecule has 0 heterocycles. The Morgan fingerprint density at radius 2 is 2.08 bits per heavy atom. The molecule has 0 unspecified atom stereocenters. The molecule has 2 nitrogen and oxygen atoms in total. The minimum Gasteiger partial charge on any atom is -0.380 e. The van der Waals surface area contributed by atoms with Crippen LogP contribution in [-0.4, -0.2) is 5.97 Å². The zero-order valence-corrected chi connectivity index (χ0v) is 8.86. The summed E-state index contributed by atoms with van der Waals surface area (Å²) in [5.41, 5.74) is 1.23. The predicted molar refractivity (Wildman–Crippen MR) is 57.1 cm³/mol. The Kier molecular flexibility index (Phi) is 4.78. The molecule has 0 amide bonds. The summed E-state index contributed by atoms with van der Waals surface area (Å²) in [6, 6.07) is 10.1. The predicted octanol–water partition coefficient (Wildman–Crippen LogP) is 3.05. The van der Waals surface area contributed by atoms with Gasteiger partial charge < -0.3 is 4.18 Å². The van der Waals surface area contributed by atoms with Gasteiger partial charge in [0, 0.05) is 12.7 Å². The zero-order chi connectivity index (χ0) is 9.52. The Morgan fingerprint density at radius 1 is 1.38 bits per heavy atom. The Hall–Kier alpha value is -0.610. The first kappa shape index (κ1) is 10.5. The standard InChI is InChI=1S/C9H10O2S2/c1-8(10)11-13-12-7-9-5-3-2-4-6-9/h2-6H,7H2,1H3. The first-order chi connectivity index (χ1) is 6.29. The maximum absolute atomic E-state index is 10.4. The fourth-order valence-electron chi connectivity index (χ4n) is 0.738. The van der Waals surface area contributed by atoms with E-state index in [-0.39, 0.29) is 5.97 Å². The van der Waals surface area contributed by atoms with Gasteiger partial charge in [-0.2, -0.15) is 0 Å². The van der Waals surface area contributed by atoms with Crippen LogP contribution in [0.25, 0.3) is 0 Å². The molecule has 0 radical (unpaired) electrons. The van der Waals surface area contributed by atoms with Gasteiger partial charge in [-0.1, -0.05) is 30.3 Å². The van der Waals surface area contributed by atoms with Crippen LogP contribution in [0.1, 0.15) is 12.5 Å². The lowest BCUT2D eigenvalue weighted by atomic mass is 10.2. The van der Waals surface area contributed by atoms with Crippen molar-refractivity contribution < 1.29 is 8.98 Å². The summed E-state index contributed by atoms with van der Waals surface area (Å²) in [5.74, 6) is 0.587. The van der Waals surface area contributed by atoms with Crippen molar-refractivity contribution in [2.24, 2.45) is 0 Å². The van der Waals surface area contributed by atoms with Gasteiger partial charge in [0.2, 0.25) is 0 Å². The number of rotatable bonds is 4. The molecule has 0 atom stereocenters. The summed E-state index contributed by atoms with van der Waals surface area (Å²) in [6.07, 6.45) is 0. The van der Waals surface area contributed by atoms with Crippen molar-refractivity contribution in [2.75, 3.05) is 0 Å². The molecule has 1 aromatic rings. The van der Waals surface area contributed by atoms with Crippen LogP contribution in [0.4, 0.5) is 0 Å². The highest BCUT2D eigenvalue weighted by Gasteiger charge is 1.96. The topological polar surface area (TPSA) is 26.3 Å². The Bertz CT molecular complexity index is 262. The highest BCUT2D eigenvalue weighted by atomic mass is 33.1. The molecule has 0 saturated carbocycles. The van der Waals surface area contributed by atoms with Gasteiger partial charge in [-0.3, -0.25) is 4.79 Å². The molecule has 0 spiro atoms. The van der Waals surface area contributed by atoms with Crippen molar-refractivity contribution >= 4 is 27.8 Å². The van der Waals surface area contributed by atoms with Crippen molar-refractivity contribution in [3.05, 3.63) is 35.9 Å². The highest BCUT2D eigenvalue weighted by molar-refractivity contribution is 8.74. The second kappa shape index (κ2) is 5.94. The van der Waals surface area contributed by atoms with Gasteiger partial charge in [0.15, 0.2) is 0 Å². The van der Waals surface area contributed by atoms with Crippen LogP contribution in [0, 0.1) is 0 Å². The lowest BCUT2D eigenvalue weighted by Crippen LogP contribution is -1.87. The Balaban J connectivity index is 2.17. The zero-order valence-electron chi connectivity index (χ0n) is 7.23. The van der Waals surface area contributed by atoms with E-state index in [1.807, 2.05) is 30.3 Å². The summed E-state index contributed by atoms with van der Waals surface area (Å²) >= 11 is 1.12. The third-order valence-electron chi connectivity index (χ3n) is 1.27. The first-order valence-electron chi connectivity index (χ1n) is 3.79. The van der Waals surface area contributed by atoms with Gasteiger partial charge in [-0.15, -0.1) is 0 Å². The third-order valence-corrected chi connectivity index (χ3v) is 2.96.